The van der Waals surface area contributed by atoms with Gasteiger partial charge in [0.05, 0.1) is 0 Å². The van der Waals surface area contributed by atoms with E-state index in [1.54, 1.807) is 5.57 Å². The van der Waals surface area contributed by atoms with Crippen LogP contribution in [0.25, 0.3) is 0 Å². The Balaban J connectivity index is 3.25. The van der Waals surface area contributed by atoms with Crippen molar-refractivity contribution in [2.45, 2.75) is 97.8 Å². The van der Waals surface area contributed by atoms with Crippen molar-refractivity contribution in [1.29, 1.82) is 0 Å². The molecule has 0 spiro atoms. The third-order valence-corrected chi connectivity index (χ3v) is 3.48. The average Bonchev–Trinajstić information content (AvgIpc) is 2.33. The Hall–Kier alpha value is -0.260. The summed E-state index contributed by atoms with van der Waals surface area (Å²) in [7, 11) is 0. The zero-order valence-corrected chi connectivity index (χ0v) is 12.6. The molecule has 0 bridgehead atoms. The van der Waals surface area contributed by atoms with E-state index >= 15 is 0 Å². The molecule has 102 valence electrons. The summed E-state index contributed by atoms with van der Waals surface area (Å²) in [6, 6.07) is 0. The summed E-state index contributed by atoms with van der Waals surface area (Å²) in [6.07, 6.45) is 19.2. The molecule has 0 rings (SSSR count). The molecule has 0 nitrogen and oxygen atoms in total. The predicted octanol–water partition coefficient (Wildman–Crippen LogP) is 6.65. The summed E-state index contributed by atoms with van der Waals surface area (Å²) < 4.78 is 0. The number of hydrogen-bond acceptors (Lipinski definition) is 0. The third-order valence-electron chi connectivity index (χ3n) is 3.48. The van der Waals surface area contributed by atoms with Gasteiger partial charge in [-0.05, 0) is 32.6 Å². The third kappa shape index (κ3) is 13.7. The maximum atomic E-state index is 2.48. The van der Waals surface area contributed by atoms with Crippen LogP contribution >= 0.6 is 0 Å². The maximum absolute atomic E-state index is 2.48. The lowest BCUT2D eigenvalue weighted by atomic mass is 10.0. The van der Waals surface area contributed by atoms with E-state index in [1.165, 1.54) is 77.0 Å². The molecule has 0 fully saturated rings. The molecule has 0 aromatic rings. The monoisotopic (exact) mass is 238 g/mol. The van der Waals surface area contributed by atoms with E-state index in [-0.39, 0.29) is 0 Å². The minimum absolute atomic E-state index is 1.31. The van der Waals surface area contributed by atoms with Gasteiger partial charge in [-0.15, -0.1) is 0 Å². The van der Waals surface area contributed by atoms with Crippen molar-refractivity contribution >= 4 is 0 Å². The highest BCUT2D eigenvalue weighted by Gasteiger charge is 1.92. The van der Waals surface area contributed by atoms with E-state index in [0.29, 0.717) is 0 Å². The van der Waals surface area contributed by atoms with Crippen LogP contribution in [0.5, 0.6) is 0 Å². The molecule has 0 unspecified atom stereocenters. The van der Waals surface area contributed by atoms with Crippen LogP contribution in [0.4, 0.5) is 0 Å². The van der Waals surface area contributed by atoms with Gasteiger partial charge < -0.3 is 0 Å². The van der Waals surface area contributed by atoms with Crippen LogP contribution in [-0.2, 0) is 0 Å². The van der Waals surface area contributed by atoms with Crippen LogP contribution in [0, 0.1) is 0 Å². The molecule has 0 aliphatic heterocycles. The summed E-state index contributed by atoms with van der Waals surface area (Å²) in [4.78, 5) is 0. The van der Waals surface area contributed by atoms with E-state index in [1.807, 2.05) is 0 Å². The van der Waals surface area contributed by atoms with Gasteiger partial charge in [0.15, 0.2) is 0 Å². The van der Waals surface area contributed by atoms with Crippen molar-refractivity contribution in [1.82, 2.24) is 0 Å². The summed E-state index contributed by atoms with van der Waals surface area (Å²) in [5.41, 5.74) is 1.62. The fraction of sp³-hybridized carbons (Fsp3) is 0.882. The first-order valence-electron chi connectivity index (χ1n) is 7.96. The van der Waals surface area contributed by atoms with Crippen LogP contribution in [0.3, 0.4) is 0 Å². The number of rotatable bonds is 12. The molecule has 0 saturated heterocycles. The van der Waals surface area contributed by atoms with Gasteiger partial charge in [-0.1, -0.05) is 76.9 Å². The first kappa shape index (κ1) is 16.7. The van der Waals surface area contributed by atoms with E-state index in [4.69, 9.17) is 0 Å². The van der Waals surface area contributed by atoms with Crippen molar-refractivity contribution in [3.8, 4) is 0 Å². The zero-order valence-electron chi connectivity index (χ0n) is 12.6. The topological polar surface area (TPSA) is 0 Å². The summed E-state index contributed by atoms with van der Waals surface area (Å²) in [5.74, 6) is 0. The maximum Gasteiger partial charge on any atom is -0.0323 e. The molecular formula is C17H34. The lowest BCUT2D eigenvalue weighted by Crippen LogP contribution is -1.82. The molecule has 0 N–H and O–H groups in total. The van der Waals surface area contributed by atoms with Crippen LogP contribution < -0.4 is 0 Å². The van der Waals surface area contributed by atoms with Gasteiger partial charge in [0.1, 0.15) is 0 Å². The average molecular weight is 238 g/mol. The zero-order chi connectivity index (χ0) is 12.8. The Morgan fingerprint density at radius 1 is 0.706 bits per heavy atom. The second-order valence-corrected chi connectivity index (χ2v) is 5.42. The molecule has 0 saturated carbocycles. The molecule has 0 aliphatic carbocycles. The Labute approximate surface area is 110 Å². The van der Waals surface area contributed by atoms with Crippen molar-refractivity contribution in [2.75, 3.05) is 0 Å². The van der Waals surface area contributed by atoms with E-state index in [0.717, 1.165) is 0 Å². The Morgan fingerprint density at radius 3 is 1.88 bits per heavy atom. The summed E-state index contributed by atoms with van der Waals surface area (Å²) in [5, 5.41) is 0. The Bertz CT molecular complexity index is 167. The second kappa shape index (κ2) is 13.8. The molecule has 17 heavy (non-hydrogen) atoms. The van der Waals surface area contributed by atoms with Gasteiger partial charge >= 0.3 is 0 Å². The van der Waals surface area contributed by atoms with Crippen molar-refractivity contribution in [2.24, 2.45) is 0 Å². The van der Waals surface area contributed by atoms with Crippen LogP contribution in [0.15, 0.2) is 11.6 Å². The van der Waals surface area contributed by atoms with E-state index < -0.39 is 0 Å². The van der Waals surface area contributed by atoms with Gasteiger partial charge in [0.25, 0.3) is 0 Å². The number of hydrogen-bond donors (Lipinski definition) is 0. The summed E-state index contributed by atoms with van der Waals surface area (Å²) in [6.45, 7) is 6.87. The fourth-order valence-corrected chi connectivity index (χ4v) is 2.21. The number of unbranched alkanes of at least 4 members (excludes halogenated alkanes) is 9. The quantitative estimate of drug-likeness (QED) is 0.263. The highest BCUT2D eigenvalue weighted by Crippen LogP contribution is 2.12. The van der Waals surface area contributed by atoms with E-state index in [2.05, 4.69) is 26.8 Å². The highest BCUT2D eigenvalue weighted by molar-refractivity contribution is 4.97. The van der Waals surface area contributed by atoms with Crippen molar-refractivity contribution < 1.29 is 0 Å². The first-order chi connectivity index (χ1) is 8.31. The lowest BCUT2D eigenvalue weighted by Gasteiger charge is -2.02. The standard InChI is InChI=1S/C17H34/c1-4-6-8-10-11-12-14-16-17(3)15-13-9-7-5-2/h16H,4-15H2,1-3H3. The van der Waals surface area contributed by atoms with Gasteiger partial charge in [0.2, 0.25) is 0 Å². The molecular weight excluding hydrogens is 204 g/mol. The van der Waals surface area contributed by atoms with Crippen LogP contribution in [-0.4, -0.2) is 0 Å². The second-order valence-electron chi connectivity index (χ2n) is 5.42. The molecule has 0 aliphatic rings. The number of allylic oxidation sites excluding steroid dienone is 2. The fourth-order valence-electron chi connectivity index (χ4n) is 2.21. The highest BCUT2D eigenvalue weighted by atomic mass is 14.0. The van der Waals surface area contributed by atoms with E-state index in [9.17, 15) is 0 Å². The van der Waals surface area contributed by atoms with Gasteiger partial charge in [-0.2, -0.15) is 0 Å². The van der Waals surface area contributed by atoms with Crippen LogP contribution in [0.2, 0.25) is 0 Å². The normalized spacial score (nSPS) is 12.1. The largest absolute Gasteiger partial charge is 0.0856 e. The first-order valence-corrected chi connectivity index (χ1v) is 7.96. The SMILES string of the molecule is CCCCCCCCC=C(C)CCCCCC. The molecule has 0 heteroatoms. The van der Waals surface area contributed by atoms with Crippen molar-refractivity contribution in [3.63, 3.8) is 0 Å². The lowest BCUT2D eigenvalue weighted by molar-refractivity contribution is 0.609. The summed E-state index contributed by atoms with van der Waals surface area (Å²) >= 11 is 0. The van der Waals surface area contributed by atoms with Crippen molar-refractivity contribution in [3.05, 3.63) is 11.6 Å². The molecule has 0 radical (unpaired) electrons. The van der Waals surface area contributed by atoms with Gasteiger partial charge in [-0.25, -0.2) is 0 Å². The predicted molar refractivity (Wildman–Crippen MR) is 80.5 cm³/mol. The minimum atomic E-state index is 1.31. The molecule has 0 amide bonds. The van der Waals surface area contributed by atoms with Gasteiger partial charge in [0, 0.05) is 0 Å². The molecule has 0 heterocycles. The smallest absolute Gasteiger partial charge is 0.0323 e. The molecule has 0 atom stereocenters. The molecule has 0 aromatic carbocycles. The minimum Gasteiger partial charge on any atom is -0.0856 e. The Kier molecular flexibility index (Phi) is 13.6. The van der Waals surface area contributed by atoms with Crippen LogP contribution in [0.1, 0.15) is 97.8 Å². The van der Waals surface area contributed by atoms with Gasteiger partial charge in [-0.3, -0.25) is 0 Å². The Morgan fingerprint density at radius 2 is 1.24 bits per heavy atom. The molecule has 0 aromatic heterocycles.